The van der Waals surface area contributed by atoms with E-state index in [1.54, 1.807) is 23.6 Å². The Morgan fingerprint density at radius 2 is 1.83 bits per heavy atom. The summed E-state index contributed by atoms with van der Waals surface area (Å²) in [5, 5.41) is 35.3. The Morgan fingerprint density at radius 1 is 1.13 bits per heavy atom. The zero-order valence-electron chi connectivity index (χ0n) is 15.2. The Balaban J connectivity index is 1.77. The molecule has 0 aliphatic rings. The zero-order valence-corrected chi connectivity index (χ0v) is 16.0. The standard InChI is InChI=1S/C19H14N4O6S/c24-17(25)12-7-5-11(6-8-12)15-10-30-19(20-15)22-21-14(18(26)27)9-13-3-1-2-4-16(13)23(28)29/h1-8,10H,9H2,(H,20,22)(H,24,25)(H,26,27)/b21-14-. The van der Waals surface area contributed by atoms with Crippen LogP contribution in [-0.4, -0.2) is 37.8 Å². The highest BCUT2D eigenvalue weighted by molar-refractivity contribution is 7.14. The van der Waals surface area contributed by atoms with E-state index >= 15 is 0 Å². The lowest BCUT2D eigenvalue weighted by Gasteiger charge is -2.04. The number of rotatable bonds is 8. The minimum atomic E-state index is -1.32. The molecular weight excluding hydrogens is 412 g/mol. The third kappa shape index (κ3) is 4.83. The van der Waals surface area contributed by atoms with Crippen LogP contribution in [0.5, 0.6) is 0 Å². The number of aromatic nitrogens is 1. The van der Waals surface area contributed by atoms with Crippen LogP contribution in [0.15, 0.2) is 59.0 Å². The fourth-order valence-electron chi connectivity index (χ4n) is 2.54. The first kappa shape index (κ1) is 20.6. The molecule has 152 valence electrons. The number of carbonyl (C=O) groups is 2. The molecule has 0 aliphatic carbocycles. The van der Waals surface area contributed by atoms with Crippen LogP contribution in [0.25, 0.3) is 11.3 Å². The van der Waals surface area contributed by atoms with Gasteiger partial charge in [0.25, 0.3) is 5.69 Å². The number of para-hydroxylation sites is 1. The summed E-state index contributed by atoms with van der Waals surface area (Å²) in [6, 6.07) is 12.0. The Morgan fingerprint density at radius 3 is 2.47 bits per heavy atom. The predicted octanol–water partition coefficient (Wildman–Crippen LogP) is 3.51. The first-order valence-corrected chi connectivity index (χ1v) is 9.30. The van der Waals surface area contributed by atoms with Crippen LogP contribution in [0.1, 0.15) is 15.9 Å². The van der Waals surface area contributed by atoms with E-state index in [0.717, 1.165) is 0 Å². The highest BCUT2D eigenvalue weighted by atomic mass is 32.1. The van der Waals surface area contributed by atoms with Crippen molar-refractivity contribution in [1.29, 1.82) is 0 Å². The van der Waals surface area contributed by atoms with Crippen molar-refractivity contribution in [2.45, 2.75) is 6.42 Å². The smallest absolute Gasteiger partial charge is 0.352 e. The molecule has 11 heteroatoms. The first-order chi connectivity index (χ1) is 14.3. The van der Waals surface area contributed by atoms with Crippen molar-refractivity contribution in [3.05, 3.63) is 75.2 Å². The predicted molar refractivity (Wildman–Crippen MR) is 110 cm³/mol. The van der Waals surface area contributed by atoms with Crippen molar-refractivity contribution in [3.8, 4) is 11.3 Å². The SMILES string of the molecule is O=C(O)/C(Cc1ccccc1[N+](=O)[O-])=N\Nc1nc(-c2ccc(C(=O)O)cc2)cs1. The third-order valence-corrected chi connectivity index (χ3v) is 4.76. The summed E-state index contributed by atoms with van der Waals surface area (Å²) >= 11 is 1.18. The van der Waals surface area contributed by atoms with Gasteiger partial charge < -0.3 is 10.2 Å². The van der Waals surface area contributed by atoms with Crippen LogP contribution in [0, 0.1) is 10.1 Å². The van der Waals surface area contributed by atoms with Crippen molar-refractivity contribution in [3.63, 3.8) is 0 Å². The van der Waals surface area contributed by atoms with Crippen LogP contribution in [0.2, 0.25) is 0 Å². The molecule has 0 radical (unpaired) electrons. The number of benzene rings is 2. The molecule has 0 spiro atoms. The van der Waals surface area contributed by atoms with Crippen molar-refractivity contribution >= 4 is 39.8 Å². The summed E-state index contributed by atoms with van der Waals surface area (Å²) in [7, 11) is 0. The van der Waals surface area contributed by atoms with Crippen molar-refractivity contribution < 1.29 is 24.7 Å². The number of hydrazone groups is 1. The second-order valence-electron chi connectivity index (χ2n) is 5.96. The molecule has 0 amide bonds. The number of carboxylic acids is 2. The van der Waals surface area contributed by atoms with E-state index in [1.807, 2.05) is 0 Å². The average molecular weight is 426 g/mol. The van der Waals surface area contributed by atoms with Gasteiger partial charge in [-0.1, -0.05) is 30.3 Å². The average Bonchev–Trinajstić information content (AvgIpc) is 3.20. The summed E-state index contributed by atoms with van der Waals surface area (Å²) in [6.07, 6.45) is -0.242. The van der Waals surface area contributed by atoms with Crippen LogP contribution in [0.4, 0.5) is 10.8 Å². The third-order valence-electron chi connectivity index (χ3n) is 4.01. The molecule has 0 unspecified atom stereocenters. The quantitative estimate of drug-likeness (QED) is 0.281. The van der Waals surface area contributed by atoms with Gasteiger partial charge in [-0.15, -0.1) is 11.3 Å². The summed E-state index contributed by atoms with van der Waals surface area (Å²) in [6.45, 7) is 0. The summed E-state index contributed by atoms with van der Waals surface area (Å²) < 4.78 is 0. The molecule has 3 N–H and O–H groups in total. The first-order valence-electron chi connectivity index (χ1n) is 8.42. The number of aromatic carboxylic acids is 1. The second kappa shape index (κ2) is 8.92. The lowest BCUT2D eigenvalue weighted by molar-refractivity contribution is -0.385. The monoisotopic (exact) mass is 426 g/mol. The molecule has 0 fully saturated rings. The van der Waals surface area contributed by atoms with Gasteiger partial charge in [-0.05, 0) is 12.1 Å². The summed E-state index contributed by atoms with van der Waals surface area (Å²) in [4.78, 5) is 37.3. The van der Waals surface area contributed by atoms with Gasteiger partial charge in [0.1, 0.15) is 5.71 Å². The van der Waals surface area contributed by atoms with E-state index in [2.05, 4.69) is 15.5 Å². The molecule has 0 aliphatic heterocycles. The molecular formula is C19H14N4O6S. The maximum absolute atomic E-state index is 11.5. The molecule has 3 aromatic rings. The van der Waals surface area contributed by atoms with Gasteiger partial charge in [0.2, 0.25) is 5.13 Å². The minimum Gasteiger partial charge on any atom is -0.478 e. The number of aliphatic carboxylic acids is 1. The van der Waals surface area contributed by atoms with Crippen molar-refractivity contribution in [2.24, 2.45) is 5.10 Å². The van der Waals surface area contributed by atoms with E-state index < -0.39 is 16.9 Å². The fourth-order valence-corrected chi connectivity index (χ4v) is 3.20. The molecule has 1 heterocycles. The van der Waals surface area contributed by atoms with Gasteiger partial charge in [0, 0.05) is 29.0 Å². The minimum absolute atomic E-state index is 0.151. The summed E-state index contributed by atoms with van der Waals surface area (Å²) in [5.41, 5.74) is 3.69. The Kier molecular flexibility index (Phi) is 6.13. The van der Waals surface area contributed by atoms with Gasteiger partial charge in [-0.3, -0.25) is 15.5 Å². The molecule has 10 nitrogen and oxygen atoms in total. The number of nitrogens with one attached hydrogen (secondary N) is 1. The molecule has 0 atom stereocenters. The highest BCUT2D eigenvalue weighted by Gasteiger charge is 2.18. The number of hydrogen-bond donors (Lipinski definition) is 3. The Hall–Kier alpha value is -4.12. The van der Waals surface area contributed by atoms with E-state index in [1.165, 1.54) is 41.7 Å². The van der Waals surface area contributed by atoms with Gasteiger partial charge in [0.05, 0.1) is 16.2 Å². The van der Waals surface area contributed by atoms with Crippen molar-refractivity contribution in [2.75, 3.05) is 5.43 Å². The lowest BCUT2D eigenvalue weighted by atomic mass is 10.1. The normalized spacial score (nSPS) is 11.1. The van der Waals surface area contributed by atoms with E-state index in [0.29, 0.717) is 16.4 Å². The lowest BCUT2D eigenvalue weighted by Crippen LogP contribution is -2.18. The molecule has 2 aromatic carbocycles. The number of nitro benzene ring substituents is 1. The van der Waals surface area contributed by atoms with E-state index in [-0.39, 0.29) is 28.9 Å². The van der Waals surface area contributed by atoms with Gasteiger partial charge >= 0.3 is 11.9 Å². The molecule has 30 heavy (non-hydrogen) atoms. The molecule has 3 rings (SSSR count). The van der Waals surface area contributed by atoms with Gasteiger partial charge in [-0.25, -0.2) is 14.6 Å². The zero-order chi connectivity index (χ0) is 21.7. The molecule has 1 aromatic heterocycles. The number of hydrogen-bond acceptors (Lipinski definition) is 8. The van der Waals surface area contributed by atoms with E-state index in [4.69, 9.17) is 5.11 Å². The van der Waals surface area contributed by atoms with E-state index in [9.17, 15) is 24.8 Å². The molecule has 0 saturated heterocycles. The largest absolute Gasteiger partial charge is 0.478 e. The molecule has 0 saturated carbocycles. The number of carboxylic acid groups (broad SMARTS) is 2. The number of anilines is 1. The molecule has 0 bridgehead atoms. The maximum atomic E-state index is 11.5. The number of nitrogens with zero attached hydrogens (tertiary/aromatic N) is 3. The van der Waals surface area contributed by atoms with Gasteiger partial charge in [0.15, 0.2) is 0 Å². The van der Waals surface area contributed by atoms with Crippen molar-refractivity contribution in [1.82, 2.24) is 4.98 Å². The van der Waals surface area contributed by atoms with Gasteiger partial charge in [-0.2, -0.15) is 5.10 Å². The number of thiazole rings is 1. The Bertz CT molecular complexity index is 1140. The van der Waals surface area contributed by atoms with Crippen LogP contribution in [0.3, 0.4) is 0 Å². The summed E-state index contributed by atoms with van der Waals surface area (Å²) in [5.74, 6) is -2.35. The fraction of sp³-hybridized carbons (Fsp3) is 0.0526. The topological polar surface area (TPSA) is 155 Å². The van der Waals surface area contributed by atoms with Crippen LogP contribution in [-0.2, 0) is 11.2 Å². The maximum Gasteiger partial charge on any atom is 0.352 e. The van der Waals surface area contributed by atoms with Crippen LogP contribution < -0.4 is 5.43 Å². The van der Waals surface area contributed by atoms with Crippen LogP contribution >= 0.6 is 11.3 Å². The highest BCUT2D eigenvalue weighted by Crippen LogP contribution is 2.25. The number of nitro groups is 1. The second-order valence-corrected chi connectivity index (χ2v) is 6.82. The Labute approximate surface area is 173 Å².